The molecular formula is C20H21N5O. The summed E-state index contributed by atoms with van der Waals surface area (Å²) in [4.78, 5) is 28.3. The van der Waals surface area contributed by atoms with Gasteiger partial charge in [-0.05, 0) is 31.5 Å². The number of amides is 1. The van der Waals surface area contributed by atoms with Crippen LogP contribution in [0.3, 0.4) is 0 Å². The Balaban J connectivity index is 1.57. The molecule has 1 aliphatic heterocycles. The fourth-order valence-corrected chi connectivity index (χ4v) is 3.42. The van der Waals surface area contributed by atoms with E-state index in [0.29, 0.717) is 6.54 Å². The number of carbonyl (C=O) groups is 1. The van der Waals surface area contributed by atoms with E-state index in [1.54, 1.807) is 6.20 Å². The normalized spacial score (nSPS) is 16.8. The van der Waals surface area contributed by atoms with Gasteiger partial charge in [-0.25, -0.2) is 15.0 Å². The van der Waals surface area contributed by atoms with Gasteiger partial charge in [0.25, 0.3) is 5.91 Å². The van der Waals surface area contributed by atoms with Crippen molar-refractivity contribution in [1.82, 2.24) is 24.4 Å². The number of aromatic nitrogens is 4. The molecule has 3 heterocycles. The fraction of sp³-hybridized carbons (Fsp3) is 0.300. The molecule has 3 aromatic rings. The Morgan fingerprint density at radius 2 is 2.00 bits per heavy atom. The van der Waals surface area contributed by atoms with Crippen molar-refractivity contribution in [2.24, 2.45) is 7.05 Å². The van der Waals surface area contributed by atoms with Gasteiger partial charge < -0.3 is 9.47 Å². The number of benzene rings is 1. The number of aryl methyl sites for hydroxylation is 2. The molecule has 0 spiro atoms. The van der Waals surface area contributed by atoms with Gasteiger partial charge in [0, 0.05) is 49.7 Å². The van der Waals surface area contributed by atoms with Crippen LogP contribution in [0.2, 0.25) is 0 Å². The van der Waals surface area contributed by atoms with Crippen LogP contribution in [0.5, 0.6) is 0 Å². The topological polar surface area (TPSA) is 63.9 Å². The molecule has 0 aliphatic carbocycles. The van der Waals surface area contributed by atoms with Gasteiger partial charge >= 0.3 is 0 Å². The van der Waals surface area contributed by atoms with Gasteiger partial charge in [0.05, 0.1) is 0 Å². The standard InChI is InChI=1S/C20H21N5O/c1-14-12-17(19-21-9-11-24(19)2)23-18(22-14)16-8-10-25(13-16)20(26)15-6-4-3-5-7-15/h3-7,9,11-12,16H,8,10,13H2,1-2H3/t16-/m1/s1. The molecule has 0 bridgehead atoms. The third-order valence-corrected chi connectivity index (χ3v) is 4.78. The third kappa shape index (κ3) is 3.10. The minimum atomic E-state index is 0.0741. The zero-order chi connectivity index (χ0) is 18.1. The van der Waals surface area contributed by atoms with Crippen LogP contribution >= 0.6 is 0 Å². The Hall–Kier alpha value is -3.02. The molecule has 26 heavy (non-hydrogen) atoms. The third-order valence-electron chi connectivity index (χ3n) is 4.78. The highest BCUT2D eigenvalue weighted by Crippen LogP contribution is 2.27. The maximum Gasteiger partial charge on any atom is 0.253 e. The lowest BCUT2D eigenvalue weighted by Crippen LogP contribution is -2.28. The van der Waals surface area contributed by atoms with E-state index in [1.807, 2.05) is 66.0 Å². The van der Waals surface area contributed by atoms with Crippen LogP contribution in [0.4, 0.5) is 0 Å². The number of likely N-dealkylation sites (tertiary alicyclic amines) is 1. The van der Waals surface area contributed by atoms with Gasteiger partial charge in [-0.1, -0.05) is 18.2 Å². The molecule has 1 fully saturated rings. The maximum atomic E-state index is 12.7. The van der Waals surface area contributed by atoms with Gasteiger partial charge in [0.2, 0.25) is 0 Å². The molecule has 1 aliphatic rings. The van der Waals surface area contributed by atoms with Gasteiger partial charge in [0.1, 0.15) is 11.5 Å². The lowest BCUT2D eigenvalue weighted by atomic mass is 10.1. The van der Waals surface area contributed by atoms with Crippen molar-refractivity contribution in [3.63, 3.8) is 0 Å². The van der Waals surface area contributed by atoms with Gasteiger partial charge in [0.15, 0.2) is 5.82 Å². The Labute approximate surface area is 152 Å². The molecule has 1 saturated heterocycles. The van der Waals surface area contributed by atoms with Crippen LogP contribution in [0.1, 0.15) is 34.2 Å². The number of imidazole rings is 1. The first-order valence-electron chi connectivity index (χ1n) is 8.79. The van der Waals surface area contributed by atoms with Crippen molar-refractivity contribution < 1.29 is 4.79 Å². The number of carbonyl (C=O) groups excluding carboxylic acids is 1. The first-order valence-corrected chi connectivity index (χ1v) is 8.79. The number of nitrogens with zero attached hydrogens (tertiary/aromatic N) is 5. The highest BCUT2D eigenvalue weighted by molar-refractivity contribution is 5.94. The lowest BCUT2D eigenvalue weighted by Gasteiger charge is -2.16. The van der Waals surface area contributed by atoms with Crippen molar-refractivity contribution >= 4 is 5.91 Å². The number of hydrogen-bond acceptors (Lipinski definition) is 4. The van der Waals surface area contributed by atoms with Crippen LogP contribution < -0.4 is 0 Å². The van der Waals surface area contributed by atoms with Crippen molar-refractivity contribution in [2.75, 3.05) is 13.1 Å². The molecule has 132 valence electrons. The first kappa shape index (κ1) is 16.4. The molecule has 0 radical (unpaired) electrons. The summed E-state index contributed by atoms with van der Waals surface area (Å²) in [5.41, 5.74) is 2.47. The van der Waals surface area contributed by atoms with E-state index in [0.717, 1.165) is 41.6 Å². The van der Waals surface area contributed by atoms with Crippen molar-refractivity contribution in [1.29, 1.82) is 0 Å². The van der Waals surface area contributed by atoms with Crippen LogP contribution in [-0.4, -0.2) is 43.4 Å². The second-order valence-corrected chi connectivity index (χ2v) is 6.72. The van der Waals surface area contributed by atoms with Gasteiger partial charge in [-0.15, -0.1) is 0 Å². The highest BCUT2D eigenvalue weighted by atomic mass is 16.2. The highest BCUT2D eigenvalue weighted by Gasteiger charge is 2.30. The maximum absolute atomic E-state index is 12.7. The number of rotatable bonds is 3. The van der Waals surface area contributed by atoms with Gasteiger partial charge in [-0.3, -0.25) is 4.79 Å². The summed E-state index contributed by atoms with van der Waals surface area (Å²) in [6, 6.07) is 11.4. The van der Waals surface area contributed by atoms with E-state index in [9.17, 15) is 4.79 Å². The molecular weight excluding hydrogens is 326 g/mol. The van der Waals surface area contributed by atoms with Crippen molar-refractivity contribution in [2.45, 2.75) is 19.3 Å². The SMILES string of the molecule is Cc1cc(-c2nccn2C)nc([C@@H]2CCN(C(=O)c3ccccc3)C2)n1. The zero-order valence-corrected chi connectivity index (χ0v) is 15.0. The summed E-state index contributed by atoms with van der Waals surface area (Å²) in [6.45, 7) is 3.35. The fourth-order valence-electron chi connectivity index (χ4n) is 3.42. The predicted octanol–water partition coefficient (Wildman–Crippen LogP) is 2.82. The largest absolute Gasteiger partial charge is 0.338 e. The summed E-state index contributed by atoms with van der Waals surface area (Å²) in [7, 11) is 1.95. The summed E-state index contributed by atoms with van der Waals surface area (Å²) in [5, 5.41) is 0. The molecule has 6 heteroatoms. The Bertz CT molecular complexity index is 934. The van der Waals surface area contributed by atoms with Crippen LogP contribution in [-0.2, 0) is 7.05 Å². The summed E-state index contributed by atoms with van der Waals surface area (Å²) < 4.78 is 1.95. The smallest absolute Gasteiger partial charge is 0.253 e. The average Bonchev–Trinajstić information content (AvgIpc) is 3.30. The van der Waals surface area contributed by atoms with Gasteiger partial charge in [-0.2, -0.15) is 0 Å². The van der Waals surface area contributed by atoms with E-state index in [2.05, 4.69) is 9.97 Å². The van der Waals surface area contributed by atoms with E-state index in [1.165, 1.54) is 0 Å². The molecule has 2 aromatic heterocycles. The molecule has 6 nitrogen and oxygen atoms in total. The van der Waals surface area contributed by atoms with Crippen LogP contribution in [0, 0.1) is 6.92 Å². The first-order chi connectivity index (χ1) is 12.6. The number of hydrogen-bond donors (Lipinski definition) is 0. The van der Waals surface area contributed by atoms with Crippen molar-refractivity contribution in [3.05, 3.63) is 65.9 Å². The molecule has 1 atom stereocenters. The van der Waals surface area contributed by atoms with E-state index < -0.39 is 0 Å². The van der Waals surface area contributed by atoms with Crippen LogP contribution in [0.25, 0.3) is 11.5 Å². The van der Waals surface area contributed by atoms with E-state index >= 15 is 0 Å². The minimum Gasteiger partial charge on any atom is -0.338 e. The molecule has 1 amide bonds. The minimum absolute atomic E-state index is 0.0741. The monoisotopic (exact) mass is 347 g/mol. The predicted molar refractivity (Wildman–Crippen MR) is 98.7 cm³/mol. The molecule has 4 rings (SSSR count). The second kappa shape index (κ2) is 6.71. The quantitative estimate of drug-likeness (QED) is 0.731. The molecule has 1 aromatic carbocycles. The van der Waals surface area contributed by atoms with E-state index in [4.69, 9.17) is 4.98 Å². The molecule has 0 unspecified atom stereocenters. The molecule has 0 N–H and O–H groups in total. The zero-order valence-electron chi connectivity index (χ0n) is 15.0. The summed E-state index contributed by atoms with van der Waals surface area (Å²) >= 11 is 0. The summed E-state index contributed by atoms with van der Waals surface area (Å²) in [5.74, 6) is 1.85. The Morgan fingerprint density at radius 3 is 2.73 bits per heavy atom. The lowest BCUT2D eigenvalue weighted by molar-refractivity contribution is 0.0790. The average molecular weight is 347 g/mol. The summed E-state index contributed by atoms with van der Waals surface area (Å²) in [6.07, 6.45) is 4.55. The Kier molecular flexibility index (Phi) is 4.24. The second-order valence-electron chi connectivity index (χ2n) is 6.72. The van der Waals surface area contributed by atoms with Crippen LogP contribution in [0.15, 0.2) is 48.8 Å². The van der Waals surface area contributed by atoms with Crippen molar-refractivity contribution in [3.8, 4) is 11.5 Å². The Morgan fingerprint density at radius 1 is 1.19 bits per heavy atom. The molecule has 0 saturated carbocycles. The van der Waals surface area contributed by atoms with E-state index in [-0.39, 0.29) is 11.8 Å².